The Morgan fingerprint density at radius 1 is 0.727 bits per heavy atom. The third-order valence-corrected chi connectivity index (χ3v) is 14.9. The highest BCUT2D eigenvalue weighted by atomic mass is 16.3. The summed E-state index contributed by atoms with van der Waals surface area (Å²) in [6.45, 7) is 19.2. The first-order valence-corrected chi connectivity index (χ1v) is 21.1. The van der Waals surface area contributed by atoms with Crippen molar-refractivity contribution >= 4 is 49.4 Å². The van der Waals surface area contributed by atoms with Crippen LogP contribution in [0.2, 0.25) is 0 Å². The van der Waals surface area contributed by atoms with Crippen LogP contribution in [0.5, 0.6) is 0 Å². The zero-order chi connectivity index (χ0) is 38.1. The zero-order valence-corrected chi connectivity index (χ0v) is 34.2. The third kappa shape index (κ3) is 5.32. The molecule has 1 fully saturated rings. The fourth-order valence-electron chi connectivity index (χ4n) is 10.6. The van der Waals surface area contributed by atoms with E-state index in [0.717, 1.165) is 31.3 Å². The highest BCUT2D eigenvalue weighted by Gasteiger charge is 2.45. The predicted molar refractivity (Wildman–Crippen MR) is 236 cm³/mol. The van der Waals surface area contributed by atoms with Crippen LogP contribution in [0.3, 0.4) is 0 Å². The van der Waals surface area contributed by atoms with Crippen LogP contribution < -0.4 is 0 Å². The van der Waals surface area contributed by atoms with E-state index in [1.165, 1.54) is 89.7 Å². The molecule has 1 heterocycles. The minimum atomic E-state index is -0.0706. The smallest absolute Gasteiger partial charge is 0.134 e. The van der Waals surface area contributed by atoms with E-state index >= 15 is 0 Å². The lowest BCUT2D eigenvalue weighted by atomic mass is 9.60. The second-order valence-electron chi connectivity index (χ2n) is 19.6. The molecule has 4 unspecified atom stereocenters. The van der Waals surface area contributed by atoms with E-state index in [1.807, 2.05) is 0 Å². The molecule has 7 aromatic rings. The molecule has 10 rings (SSSR count). The average Bonchev–Trinajstić information content (AvgIpc) is 3.84. The molecule has 0 radical (unpaired) electrons. The lowest BCUT2D eigenvalue weighted by Crippen LogP contribution is -2.34. The normalized spacial score (nSPS) is 24.1. The fourth-order valence-corrected chi connectivity index (χ4v) is 10.6. The highest BCUT2D eigenvalue weighted by molar-refractivity contribution is 6.26. The van der Waals surface area contributed by atoms with Gasteiger partial charge >= 0.3 is 0 Å². The Labute approximate surface area is 327 Å². The van der Waals surface area contributed by atoms with Gasteiger partial charge in [-0.1, -0.05) is 158 Å². The average molecular weight is 721 g/mol. The van der Waals surface area contributed by atoms with Gasteiger partial charge < -0.3 is 4.42 Å². The van der Waals surface area contributed by atoms with Crippen molar-refractivity contribution in [3.05, 3.63) is 137 Å². The Kier molecular flexibility index (Phi) is 7.56. The van der Waals surface area contributed by atoms with Gasteiger partial charge in [0.1, 0.15) is 11.3 Å². The van der Waals surface area contributed by atoms with Gasteiger partial charge in [-0.3, -0.25) is 0 Å². The van der Waals surface area contributed by atoms with Crippen molar-refractivity contribution in [3.63, 3.8) is 0 Å². The summed E-state index contributed by atoms with van der Waals surface area (Å²) >= 11 is 0. The molecule has 0 amide bonds. The SMILES string of the molecule is CCC(C)C1=Cc2c(oc3ccc(C4(C)CC4)cc23)C(C2(C)C=CC(C)(c3ccc4ccc5c(-c6ccccc6C(C)(C)C)ccc6ccc3c4c65)CC2)C1. The van der Waals surface area contributed by atoms with Crippen molar-refractivity contribution in [2.45, 2.75) is 116 Å². The molecule has 278 valence electrons. The Bertz CT molecular complexity index is 2720. The Hall–Kier alpha value is -4.62. The minimum Gasteiger partial charge on any atom is -0.460 e. The van der Waals surface area contributed by atoms with Gasteiger partial charge in [-0.05, 0) is 133 Å². The predicted octanol–water partition coefficient (Wildman–Crippen LogP) is 15.6. The second-order valence-corrected chi connectivity index (χ2v) is 19.6. The van der Waals surface area contributed by atoms with Crippen LogP contribution in [0.1, 0.15) is 128 Å². The maximum absolute atomic E-state index is 6.92. The maximum Gasteiger partial charge on any atom is 0.134 e. The van der Waals surface area contributed by atoms with Crippen molar-refractivity contribution in [2.75, 3.05) is 0 Å². The quantitative estimate of drug-likeness (QED) is 0.123. The first-order chi connectivity index (χ1) is 26.3. The molecule has 1 aromatic heterocycles. The van der Waals surface area contributed by atoms with Gasteiger partial charge in [0.25, 0.3) is 0 Å². The van der Waals surface area contributed by atoms with Crippen LogP contribution >= 0.6 is 0 Å². The minimum absolute atomic E-state index is 0.000455. The van der Waals surface area contributed by atoms with E-state index < -0.39 is 0 Å². The van der Waals surface area contributed by atoms with Crippen molar-refractivity contribution in [1.82, 2.24) is 0 Å². The number of hydrogen-bond acceptors (Lipinski definition) is 1. The highest BCUT2D eigenvalue weighted by Crippen LogP contribution is 2.57. The summed E-state index contributed by atoms with van der Waals surface area (Å²) in [5, 5.41) is 9.52. The Balaban J connectivity index is 1.07. The van der Waals surface area contributed by atoms with Crippen molar-refractivity contribution in [1.29, 1.82) is 0 Å². The topological polar surface area (TPSA) is 13.1 Å². The van der Waals surface area contributed by atoms with Gasteiger partial charge in [-0.2, -0.15) is 0 Å². The van der Waals surface area contributed by atoms with Gasteiger partial charge in [0.2, 0.25) is 0 Å². The second kappa shape index (κ2) is 11.9. The Morgan fingerprint density at radius 2 is 1.44 bits per heavy atom. The summed E-state index contributed by atoms with van der Waals surface area (Å²) in [7, 11) is 0. The van der Waals surface area contributed by atoms with Gasteiger partial charge in [0.15, 0.2) is 0 Å². The lowest BCUT2D eigenvalue weighted by Gasteiger charge is -2.44. The number of rotatable bonds is 6. The lowest BCUT2D eigenvalue weighted by molar-refractivity contribution is 0.232. The third-order valence-electron chi connectivity index (χ3n) is 14.9. The molecule has 0 aliphatic heterocycles. The van der Waals surface area contributed by atoms with Crippen molar-refractivity contribution < 1.29 is 4.42 Å². The van der Waals surface area contributed by atoms with Gasteiger partial charge in [0, 0.05) is 22.3 Å². The first kappa shape index (κ1) is 34.8. The van der Waals surface area contributed by atoms with E-state index in [0.29, 0.717) is 17.3 Å². The van der Waals surface area contributed by atoms with E-state index in [4.69, 9.17) is 4.42 Å². The molecule has 1 saturated carbocycles. The molecular formula is C54H56O. The summed E-state index contributed by atoms with van der Waals surface area (Å²) in [6.07, 6.45) is 14.7. The number of furan rings is 1. The van der Waals surface area contributed by atoms with E-state index in [-0.39, 0.29) is 16.2 Å². The monoisotopic (exact) mass is 720 g/mol. The largest absolute Gasteiger partial charge is 0.460 e. The van der Waals surface area contributed by atoms with Gasteiger partial charge in [0.05, 0.1) is 0 Å². The van der Waals surface area contributed by atoms with Crippen LogP contribution in [-0.4, -0.2) is 0 Å². The van der Waals surface area contributed by atoms with E-state index in [2.05, 4.69) is 165 Å². The molecule has 0 bridgehead atoms. The summed E-state index contributed by atoms with van der Waals surface area (Å²) in [6, 6.07) is 35.1. The molecule has 6 aromatic carbocycles. The molecule has 3 aliphatic rings. The van der Waals surface area contributed by atoms with Crippen LogP contribution in [0, 0.1) is 11.3 Å². The van der Waals surface area contributed by atoms with Gasteiger partial charge in [-0.25, -0.2) is 0 Å². The number of benzene rings is 6. The standard InChI is InChI=1S/C54H56O/c1-9-33(2)36-30-43-42-32-37(52(6)24-25-52)18-23-47(42)55-50(43)46(31-36)54(8)28-26-53(7,27-29-54)45-22-17-35-15-20-40-38(39-12-10-11-13-44(39)51(3,4)5)19-14-34-16-21-41(45)49(35)48(34)40/h10-23,26,28,30,32-33,46H,9,24-25,27,29,31H2,1-8H3. The number of hydrogen-bond donors (Lipinski definition) is 0. The fraction of sp³-hybridized carbons (Fsp3) is 0.370. The van der Waals surface area contributed by atoms with Crippen molar-refractivity contribution in [3.8, 4) is 11.1 Å². The summed E-state index contributed by atoms with van der Waals surface area (Å²) in [5.41, 5.74) is 11.3. The molecule has 0 N–H and O–H groups in total. The summed E-state index contributed by atoms with van der Waals surface area (Å²) in [4.78, 5) is 0. The molecule has 1 nitrogen and oxygen atoms in total. The Morgan fingerprint density at radius 3 is 2.15 bits per heavy atom. The van der Waals surface area contributed by atoms with Gasteiger partial charge in [-0.15, -0.1) is 0 Å². The molecular weight excluding hydrogens is 665 g/mol. The van der Waals surface area contributed by atoms with Crippen LogP contribution in [0.25, 0.3) is 60.5 Å². The van der Waals surface area contributed by atoms with E-state index in [9.17, 15) is 0 Å². The number of allylic oxidation sites excluding steroid dienone is 3. The zero-order valence-electron chi connectivity index (χ0n) is 34.2. The molecule has 4 atom stereocenters. The van der Waals surface area contributed by atoms with E-state index in [1.54, 1.807) is 5.57 Å². The molecule has 3 aliphatic carbocycles. The molecule has 0 saturated heterocycles. The molecule has 1 heteroatoms. The van der Waals surface area contributed by atoms with Crippen LogP contribution in [0.4, 0.5) is 0 Å². The van der Waals surface area contributed by atoms with Crippen LogP contribution in [-0.2, 0) is 16.2 Å². The molecule has 55 heavy (non-hydrogen) atoms. The molecule has 0 spiro atoms. The van der Waals surface area contributed by atoms with Crippen LogP contribution in [0.15, 0.2) is 113 Å². The summed E-state index contributed by atoms with van der Waals surface area (Å²) in [5.74, 6) is 2.09. The number of fused-ring (bicyclic) bond motifs is 3. The first-order valence-electron chi connectivity index (χ1n) is 21.1. The van der Waals surface area contributed by atoms with Crippen molar-refractivity contribution in [2.24, 2.45) is 11.3 Å². The maximum atomic E-state index is 6.92. The summed E-state index contributed by atoms with van der Waals surface area (Å²) < 4.78 is 6.92.